The van der Waals surface area contributed by atoms with Crippen molar-refractivity contribution in [2.75, 3.05) is 21.3 Å². The van der Waals surface area contributed by atoms with Crippen LogP contribution in [0.25, 0.3) is 0 Å². The molecule has 0 aliphatic carbocycles. The van der Waals surface area contributed by atoms with E-state index < -0.39 is 0 Å². The Morgan fingerprint density at radius 3 is 2.65 bits per heavy atom. The van der Waals surface area contributed by atoms with E-state index in [4.69, 9.17) is 18.9 Å². The largest absolute Gasteiger partial charge is 0.497 e. The standard InChI is InChI=1S/C22H24N4O5/c1-28-16-9-7-14(8-10-16)19-12-26-17(13-31-19)20(24-25-26)22(27)23-11-15-5-4-6-18(29-2)21(15)30-3/h4-10,19H,11-13H2,1-3H3,(H,23,27)/t19-/m1/s1. The molecule has 1 atom stereocenters. The van der Waals surface area contributed by atoms with Crippen molar-refractivity contribution >= 4 is 5.91 Å². The van der Waals surface area contributed by atoms with Gasteiger partial charge in [-0.25, -0.2) is 4.68 Å². The Kier molecular flexibility index (Phi) is 6.03. The topological polar surface area (TPSA) is 96.7 Å². The number of benzene rings is 2. The Bertz CT molecular complexity index is 1060. The first-order valence-corrected chi connectivity index (χ1v) is 9.80. The van der Waals surface area contributed by atoms with Gasteiger partial charge in [0.2, 0.25) is 0 Å². The fraction of sp³-hybridized carbons (Fsp3) is 0.318. The van der Waals surface area contributed by atoms with E-state index in [1.165, 1.54) is 0 Å². The molecule has 9 heteroatoms. The van der Waals surface area contributed by atoms with Crippen LogP contribution in [0.1, 0.15) is 33.4 Å². The fourth-order valence-corrected chi connectivity index (χ4v) is 3.56. The molecule has 3 aromatic rings. The first-order valence-electron chi connectivity index (χ1n) is 9.80. The summed E-state index contributed by atoms with van der Waals surface area (Å²) in [7, 11) is 4.77. The highest BCUT2D eigenvalue weighted by Crippen LogP contribution is 2.31. The molecule has 2 aromatic carbocycles. The second-order valence-electron chi connectivity index (χ2n) is 6.97. The first kappa shape index (κ1) is 20.7. The quantitative estimate of drug-likeness (QED) is 0.622. The van der Waals surface area contributed by atoms with E-state index in [2.05, 4.69) is 15.6 Å². The van der Waals surface area contributed by atoms with Crippen LogP contribution in [0.2, 0.25) is 0 Å². The normalized spacial score (nSPS) is 15.1. The van der Waals surface area contributed by atoms with E-state index >= 15 is 0 Å². The molecule has 0 bridgehead atoms. The summed E-state index contributed by atoms with van der Waals surface area (Å²) in [4.78, 5) is 12.8. The fourth-order valence-electron chi connectivity index (χ4n) is 3.56. The lowest BCUT2D eigenvalue weighted by atomic mass is 10.1. The summed E-state index contributed by atoms with van der Waals surface area (Å²) in [6.07, 6.45) is -0.169. The van der Waals surface area contributed by atoms with Gasteiger partial charge in [0, 0.05) is 12.1 Å². The summed E-state index contributed by atoms with van der Waals surface area (Å²) in [5, 5.41) is 11.1. The van der Waals surface area contributed by atoms with Gasteiger partial charge in [-0.2, -0.15) is 0 Å². The molecule has 0 fully saturated rings. The molecular weight excluding hydrogens is 400 g/mol. The van der Waals surface area contributed by atoms with Crippen molar-refractivity contribution in [2.45, 2.75) is 25.8 Å². The molecule has 1 N–H and O–H groups in total. The first-order chi connectivity index (χ1) is 15.1. The summed E-state index contributed by atoms with van der Waals surface area (Å²) in [6, 6.07) is 13.2. The van der Waals surface area contributed by atoms with Gasteiger partial charge in [0.05, 0.1) is 40.2 Å². The van der Waals surface area contributed by atoms with E-state index in [0.717, 1.165) is 16.9 Å². The maximum Gasteiger partial charge on any atom is 0.274 e. The van der Waals surface area contributed by atoms with E-state index in [0.29, 0.717) is 23.7 Å². The molecule has 0 saturated heterocycles. The highest BCUT2D eigenvalue weighted by molar-refractivity contribution is 5.93. The number of para-hydroxylation sites is 1. The van der Waals surface area contributed by atoms with Gasteiger partial charge >= 0.3 is 0 Å². The third kappa shape index (κ3) is 4.17. The maximum atomic E-state index is 12.8. The summed E-state index contributed by atoms with van der Waals surface area (Å²) in [5.74, 6) is 1.65. The molecule has 4 rings (SSSR count). The number of hydrogen-bond acceptors (Lipinski definition) is 7. The van der Waals surface area contributed by atoms with Crippen LogP contribution in [0.3, 0.4) is 0 Å². The minimum absolute atomic E-state index is 0.169. The molecule has 31 heavy (non-hydrogen) atoms. The van der Waals surface area contributed by atoms with Gasteiger partial charge in [-0.1, -0.05) is 29.5 Å². The van der Waals surface area contributed by atoms with E-state index in [-0.39, 0.29) is 30.9 Å². The van der Waals surface area contributed by atoms with Crippen LogP contribution in [-0.4, -0.2) is 42.2 Å². The average Bonchev–Trinajstić information content (AvgIpc) is 3.25. The number of nitrogens with zero attached hydrogens (tertiary/aromatic N) is 3. The van der Waals surface area contributed by atoms with Crippen LogP contribution in [0.5, 0.6) is 17.2 Å². The molecule has 1 aliphatic rings. The molecular formula is C22H24N4O5. The number of carbonyl (C=O) groups is 1. The lowest BCUT2D eigenvalue weighted by Crippen LogP contribution is -2.27. The highest BCUT2D eigenvalue weighted by Gasteiger charge is 2.27. The molecule has 0 radical (unpaired) electrons. The van der Waals surface area contributed by atoms with Crippen molar-refractivity contribution in [1.82, 2.24) is 20.3 Å². The third-order valence-corrected chi connectivity index (χ3v) is 5.22. The Balaban J connectivity index is 1.44. The molecule has 9 nitrogen and oxygen atoms in total. The molecule has 1 aliphatic heterocycles. The van der Waals surface area contributed by atoms with Crippen LogP contribution in [-0.2, 0) is 24.4 Å². The van der Waals surface area contributed by atoms with Gasteiger partial charge < -0.3 is 24.3 Å². The predicted molar refractivity (Wildman–Crippen MR) is 111 cm³/mol. The Labute approximate surface area is 179 Å². The monoisotopic (exact) mass is 424 g/mol. The van der Waals surface area contributed by atoms with Gasteiger partial charge in [0.1, 0.15) is 11.9 Å². The molecule has 0 saturated carbocycles. The number of amides is 1. The third-order valence-electron chi connectivity index (χ3n) is 5.22. The second kappa shape index (κ2) is 9.05. The Morgan fingerprint density at radius 1 is 1.13 bits per heavy atom. The molecule has 0 spiro atoms. The molecule has 0 unspecified atom stereocenters. The van der Waals surface area contributed by atoms with Gasteiger partial charge in [0.15, 0.2) is 17.2 Å². The van der Waals surface area contributed by atoms with Crippen LogP contribution in [0.15, 0.2) is 42.5 Å². The van der Waals surface area contributed by atoms with Gasteiger partial charge in [0.25, 0.3) is 5.91 Å². The molecule has 162 valence electrons. The minimum Gasteiger partial charge on any atom is -0.497 e. The Hall–Kier alpha value is -3.59. The summed E-state index contributed by atoms with van der Waals surface area (Å²) >= 11 is 0. The summed E-state index contributed by atoms with van der Waals surface area (Å²) < 4.78 is 23.6. The molecule has 1 aromatic heterocycles. The zero-order valence-corrected chi connectivity index (χ0v) is 17.6. The van der Waals surface area contributed by atoms with Crippen molar-refractivity contribution in [3.63, 3.8) is 0 Å². The lowest BCUT2D eigenvalue weighted by Gasteiger charge is -2.24. The lowest BCUT2D eigenvalue weighted by molar-refractivity contribution is -0.00179. The number of hydrogen-bond donors (Lipinski definition) is 1. The van der Waals surface area contributed by atoms with Crippen LogP contribution < -0.4 is 19.5 Å². The smallest absolute Gasteiger partial charge is 0.274 e. The number of carbonyl (C=O) groups excluding carboxylic acids is 1. The van der Waals surface area contributed by atoms with Gasteiger partial charge in [-0.15, -0.1) is 5.10 Å². The second-order valence-corrected chi connectivity index (χ2v) is 6.97. The maximum absolute atomic E-state index is 12.8. The minimum atomic E-state index is -0.322. The Morgan fingerprint density at radius 2 is 1.94 bits per heavy atom. The molecule has 2 heterocycles. The van der Waals surface area contributed by atoms with Crippen molar-refractivity contribution in [3.8, 4) is 17.2 Å². The van der Waals surface area contributed by atoms with Gasteiger partial charge in [-0.3, -0.25) is 4.79 Å². The van der Waals surface area contributed by atoms with Gasteiger partial charge in [-0.05, 0) is 23.8 Å². The van der Waals surface area contributed by atoms with Crippen LogP contribution >= 0.6 is 0 Å². The average molecular weight is 424 g/mol. The summed E-state index contributed by atoms with van der Waals surface area (Å²) in [5.41, 5.74) is 2.72. The number of methoxy groups -OCH3 is 3. The van der Waals surface area contributed by atoms with E-state index in [1.807, 2.05) is 36.4 Å². The van der Waals surface area contributed by atoms with Crippen molar-refractivity contribution in [1.29, 1.82) is 0 Å². The van der Waals surface area contributed by atoms with E-state index in [1.54, 1.807) is 32.1 Å². The van der Waals surface area contributed by atoms with Crippen molar-refractivity contribution in [3.05, 3.63) is 65.0 Å². The van der Waals surface area contributed by atoms with E-state index in [9.17, 15) is 4.79 Å². The van der Waals surface area contributed by atoms with Crippen molar-refractivity contribution in [2.24, 2.45) is 0 Å². The molecule has 1 amide bonds. The number of fused-ring (bicyclic) bond motifs is 1. The number of ether oxygens (including phenoxy) is 4. The zero-order valence-electron chi connectivity index (χ0n) is 17.6. The highest BCUT2D eigenvalue weighted by atomic mass is 16.5. The zero-order chi connectivity index (χ0) is 21.8. The number of rotatable bonds is 7. The predicted octanol–water partition coefficient (Wildman–Crippen LogP) is 2.51. The number of aromatic nitrogens is 3. The van der Waals surface area contributed by atoms with Crippen molar-refractivity contribution < 1.29 is 23.7 Å². The summed E-state index contributed by atoms with van der Waals surface area (Å²) in [6.45, 7) is 0.988. The number of nitrogens with one attached hydrogen (secondary N) is 1. The van der Waals surface area contributed by atoms with Crippen LogP contribution in [0, 0.1) is 0 Å². The SMILES string of the molecule is COc1ccc([C@H]2Cn3nnc(C(=O)NCc4cccc(OC)c4OC)c3CO2)cc1. The van der Waals surface area contributed by atoms with Crippen LogP contribution in [0.4, 0.5) is 0 Å².